The molecular formula is C17H19BrN2O2. The largest absolute Gasteiger partial charge is 0.495 e. The van der Waals surface area contributed by atoms with Gasteiger partial charge in [0, 0.05) is 23.1 Å². The number of amides is 1. The molecule has 1 amide bonds. The Kier molecular flexibility index (Phi) is 5.83. The molecule has 116 valence electrons. The third kappa shape index (κ3) is 4.49. The van der Waals surface area contributed by atoms with Crippen LogP contribution in [0.25, 0.3) is 0 Å². The van der Waals surface area contributed by atoms with Crippen molar-refractivity contribution < 1.29 is 9.53 Å². The van der Waals surface area contributed by atoms with Crippen molar-refractivity contribution in [1.29, 1.82) is 0 Å². The molecule has 0 aliphatic rings. The molecule has 0 atom stereocenters. The number of nitrogens with one attached hydrogen (secondary N) is 2. The van der Waals surface area contributed by atoms with E-state index < -0.39 is 0 Å². The van der Waals surface area contributed by atoms with E-state index in [2.05, 4.69) is 26.6 Å². The molecule has 2 N–H and O–H groups in total. The zero-order valence-corrected chi connectivity index (χ0v) is 14.2. The van der Waals surface area contributed by atoms with Crippen molar-refractivity contribution in [2.24, 2.45) is 0 Å². The standard InChI is InChI=1S/C17H19BrN2O2/c1-12-7-8-16(22-2)15(11-12)20-17(21)9-10-19-14-6-4-3-5-13(14)18/h3-8,11,19H,9-10H2,1-2H3,(H,20,21). The van der Waals surface area contributed by atoms with Crippen LogP contribution >= 0.6 is 15.9 Å². The third-order valence-corrected chi connectivity index (χ3v) is 3.86. The average molecular weight is 363 g/mol. The number of carbonyl (C=O) groups excluding carboxylic acids is 1. The first kappa shape index (κ1) is 16.4. The van der Waals surface area contributed by atoms with E-state index in [1.54, 1.807) is 7.11 Å². The van der Waals surface area contributed by atoms with Gasteiger partial charge in [0.1, 0.15) is 5.75 Å². The van der Waals surface area contributed by atoms with E-state index >= 15 is 0 Å². The van der Waals surface area contributed by atoms with Gasteiger partial charge in [-0.2, -0.15) is 0 Å². The van der Waals surface area contributed by atoms with E-state index in [4.69, 9.17) is 4.74 Å². The molecule has 0 fully saturated rings. The van der Waals surface area contributed by atoms with Crippen molar-refractivity contribution in [2.75, 3.05) is 24.3 Å². The molecule has 22 heavy (non-hydrogen) atoms. The first-order valence-corrected chi connectivity index (χ1v) is 7.82. The normalized spacial score (nSPS) is 10.1. The molecule has 0 bridgehead atoms. The number of ether oxygens (including phenoxy) is 1. The average Bonchev–Trinajstić information content (AvgIpc) is 2.49. The second kappa shape index (κ2) is 7.84. The fourth-order valence-electron chi connectivity index (χ4n) is 2.05. The lowest BCUT2D eigenvalue weighted by Crippen LogP contribution is -2.16. The summed E-state index contributed by atoms with van der Waals surface area (Å²) < 4.78 is 6.24. The highest BCUT2D eigenvalue weighted by Crippen LogP contribution is 2.25. The number of hydrogen-bond donors (Lipinski definition) is 2. The summed E-state index contributed by atoms with van der Waals surface area (Å²) in [6.45, 7) is 2.53. The van der Waals surface area contributed by atoms with Crippen molar-refractivity contribution >= 4 is 33.2 Å². The molecule has 0 radical (unpaired) electrons. The van der Waals surface area contributed by atoms with Crippen LogP contribution in [0.4, 0.5) is 11.4 Å². The van der Waals surface area contributed by atoms with Gasteiger partial charge >= 0.3 is 0 Å². The van der Waals surface area contributed by atoms with E-state index in [0.29, 0.717) is 24.4 Å². The van der Waals surface area contributed by atoms with Crippen LogP contribution in [0, 0.1) is 6.92 Å². The summed E-state index contributed by atoms with van der Waals surface area (Å²) in [5.74, 6) is 0.612. The molecule has 2 aromatic carbocycles. The van der Waals surface area contributed by atoms with Crippen LogP contribution in [0.2, 0.25) is 0 Å². The fourth-order valence-corrected chi connectivity index (χ4v) is 2.47. The van der Waals surface area contributed by atoms with E-state index in [0.717, 1.165) is 15.7 Å². The van der Waals surface area contributed by atoms with Gasteiger partial charge in [0.15, 0.2) is 0 Å². The van der Waals surface area contributed by atoms with Gasteiger partial charge in [-0.15, -0.1) is 0 Å². The molecule has 4 nitrogen and oxygen atoms in total. The first-order chi connectivity index (χ1) is 10.6. The van der Waals surface area contributed by atoms with Gasteiger partial charge in [-0.1, -0.05) is 18.2 Å². The topological polar surface area (TPSA) is 50.4 Å². The Morgan fingerprint density at radius 3 is 2.68 bits per heavy atom. The van der Waals surface area contributed by atoms with Gasteiger partial charge in [-0.25, -0.2) is 0 Å². The summed E-state index contributed by atoms with van der Waals surface area (Å²) in [4.78, 5) is 12.0. The predicted octanol–water partition coefficient (Wildman–Crippen LogP) is 4.21. The molecule has 0 saturated heterocycles. The Hall–Kier alpha value is -2.01. The minimum absolute atomic E-state index is 0.0524. The number of benzene rings is 2. The second-order valence-electron chi connectivity index (χ2n) is 4.91. The van der Waals surface area contributed by atoms with Crippen LogP contribution in [-0.2, 0) is 4.79 Å². The SMILES string of the molecule is COc1ccc(C)cc1NC(=O)CCNc1ccccc1Br. The number of hydrogen-bond acceptors (Lipinski definition) is 3. The number of para-hydroxylation sites is 1. The molecule has 0 heterocycles. The highest BCUT2D eigenvalue weighted by atomic mass is 79.9. The molecule has 2 aromatic rings. The molecule has 0 spiro atoms. The Morgan fingerprint density at radius 2 is 1.95 bits per heavy atom. The maximum atomic E-state index is 12.0. The smallest absolute Gasteiger partial charge is 0.226 e. The summed E-state index contributed by atoms with van der Waals surface area (Å²) in [5, 5.41) is 6.12. The third-order valence-electron chi connectivity index (χ3n) is 3.17. The van der Waals surface area contributed by atoms with Gasteiger partial charge in [0.2, 0.25) is 5.91 Å². The summed E-state index contributed by atoms with van der Waals surface area (Å²) in [7, 11) is 1.59. The lowest BCUT2D eigenvalue weighted by Gasteiger charge is -2.12. The summed E-state index contributed by atoms with van der Waals surface area (Å²) in [6.07, 6.45) is 0.373. The first-order valence-electron chi connectivity index (χ1n) is 7.03. The summed E-state index contributed by atoms with van der Waals surface area (Å²) in [6, 6.07) is 13.5. The second-order valence-corrected chi connectivity index (χ2v) is 5.76. The summed E-state index contributed by atoms with van der Waals surface area (Å²) >= 11 is 3.46. The Bertz CT molecular complexity index is 659. The van der Waals surface area contributed by atoms with Crippen LogP contribution < -0.4 is 15.4 Å². The predicted molar refractivity (Wildman–Crippen MR) is 93.6 cm³/mol. The Morgan fingerprint density at radius 1 is 1.18 bits per heavy atom. The van der Waals surface area contributed by atoms with Crippen molar-refractivity contribution in [3.8, 4) is 5.75 Å². The molecule has 0 saturated carbocycles. The maximum absolute atomic E-state index is 12.0. The van der Waals surface area contributed by atoms with Crippen LogP contribution in [-0.4, -0.2) is 19.6 Å². The minimum Gasteiger partial charge on any atom is -0.495 e. The quantitative estimate of drug-likeness (QED) is 0.809. The van der Waals surface area contributed by atoms with E-state index in [1.165, 1.54) is 0 Å². The number of carbonyl (C=O) groups is 1. The Balaban J connectivity index is 1.88. The number of anilines is 2. The highest BCUT2D eigenvalue weighted by molar-refractivity contribution is 9.10. The maximum Gasteiger partial charge on any atom is 0.226 e. The molecule has 0 aromatic heterocycles. The van der Waals surface area contributed by atoms with Crippen LogP contribution in [0.5, 0.6) is 5.75 Å². The van der Waals surface area contributed by atoms with E-state index in [1.807, 2.05) is 49.4 Å². The zero-order valence-electron chi connectivity index (χ0n) is 12.7. The van der Waals surface area contributed by atoms with E-state index in [-0.39, 0.29) is 5.91 Å². The number of aryl methyl sites for hydroxylation is 1. The van der Waals surface area contributed by atoms with Crippen molar-refractivity contribution in [3.63, 3.8) is 0 Å². The number of halogens is 1. The Labute approximate surface area is 139 Å². The minimum atomic E-state index is -0.0524. The van der Waals surface area contributed by atoms with Crippen LogP contribution in [0.3, 0.4) is 0 Å². The van der Waals surface area contributed by atoms with Gasteiger partial charge in [0.05, 0.1) is 12.8 Å². The molecule has 0 aliphatic heterocycles. The molecule has 5 heteroatoms. The monoisotopic (exact) mass is 362 g/mol. The van der Waals surface area contributed by atoms with Gasteiger partial charge in [-0.05, 0) is 52.7 Å². The van der Waals surface area contributed by atoms with Crippen LogP contribution in [0.1, 0.15) is 12.0 Å². The van der Waals surface area contributed by atoms with Crippen molar-refractivity contribution in [3.05, 3.63) is 52.5 Å². The van der Waals surface area contributed by atoms with Crippen LogP contribution in [0.15, 0.2) is 46.9 Å². The lowest BCUT2D eigenvalue weighted by atomic mass is 10.2. The molecular weight excluding hydrogens is 344 g/mol. The van der Waals surface area contributed by atoms with Gasteiger partial charge in [-0.3, -0.25) is 4.79 Å². The van der Waals surface area contributed by atoms with Gasteiger partial charge < -0.3 is 15.4 Å². The summed E-state index contributed by atoms with van der Waals surface area (Å²) in [5.41, 5.74) is 2.75. The molecule has 0 unspecified atom stereocenters. The van der Waals surface area contributed by atoms with Crippen molar-refractivity contribution in [2.45, 2.75) is 13.3 Å². The lowest BCUT2D eigenvalue weighted by molar-refractivity contribution is -0.115. The molecule has 2 rings (SSSR count). The van der Waals surface area contributed by atoms with Gasteiger partial charge in [0.25, 0.3) is 0 Å². The fraction of sp³-hybridized carbons (Fsp3) is 0.235. The van der Waals surface area contributed by atoms with E-state index in [9.17, 15) is 4.79 Å². The number of rotatable bonds is 6. The number of methoxy groups -OCH3 is 1. The molecule has 0 aliphatic carbocycles. The van der Waals surface area contributed by atoms with Crippen molar-refractivity contribution in [1.82, 2.24) is 0 Å². The zero-order chi connectivity index (χ0) is 15.9. The highest BCUT2D eigenvalue weighted by Gasteiger charge is 2.08.